The normalized spacial score (nSPS) is 18.8. The van der Waals surface area contributed by atoms with E-state index in [0.29, 0.717) is 0 Å². The number of amidine groups is 1. The largest absolute Gasteiger partial charge is 0.344 e. The lowest BCUT2D eigenvalue weighted by molar-refractivity contribution is 0.912. The fraction of sp³-hybridized carbons (Fsp3) is 0.462. The first-order valence-corrected chi connectivity index (χ1v) is 5.84. The van der Waals surface area contributed by atoms with E-state index in [1.807, 2.05) is 0 Å². The van der Waals surface area contributed by atoms with Crippen LogP contribution in [0.15, 0.2) is 23.2 Å². The van der Waals surface area contributed by atoms with Gasteiger partial charge in [0.25, 0.3) is 0 Å². The number of fused-ring (bicyclic) bond motifs is 1. The molecular weight excluding hydrogens is 184 g/mol. The van der Waals surface area contributed by atoms with Crippen LogP contribution in [-0.4, -0.2) is 12.4 Å². The molecule has 0 bridgehead atoms. The summed E-state index contributed by atoms with van der Waals surface area (Å²) in [5.41, 5.74) is 4.34. The molecule has 78 valence electrons. The number of benzene rings is 1. The molecular formula is C13H16N2. The van der Waals surface area contributed by atoms with Crippen LogP contribution in [0.4, 0.5) is 5.69 Å². The van der Waals surface area contributed by atoms with Gasteiger partial charge in [0, 0.05) is 18.7 Å². The molecule has 3 rings (SSSR count). The summed E-state index contributed by atoms with van der Waals surface area (Å²) >= 11 is 0. The molecule has 0 radical (unpaired) electrons. The predicted octanol–water partition coefficient (Wildman–Crippen LogP) is 2.78. The maximum absolute atomic E-state index is 4.46. The second-order valence-corrected chi connectivity index (χ2v) is 4.35. The first kappa shape index (κ1) is 8.96. The van der Waals surface area contributed by atoms with Gasteiger partial charge >= 0.3 is 0 Å². The molecule has 1 aliphatic heterocycles. The highest BCUT2D eigenvalue weighted by Crippen LogP contribution is 2.29. The number of anilines is 1. The van der Waals surface area contributed by atoms with Crippen LogP contribution in [0.3, 0.4) is 0 Å². The molecule has 1 aromatic carbocycles. The molecule has 2 heteroatoms. The van der Waals surface area contributed by atoms with Crippen molar-refractivity contribution in [3.8, 4) is 0 Å². The van der Waals surface area contributed by atoms with Crippen LogP contribution in [0.1, 0.15) is 30.4 Å². The zero-order valence-electron chi connectivity index (χ0n) is 8.92. The first-order chi connectivity index (χ1) is 7.43. The lowest BCUT2D eigenvalue weighted by Gasteiger charge is -2.10. The summed E-state index contributed by atoms with van der Waals surface area (Å²) in [6.07, 6.45) is 6.10. The third-order valence-electron chi connectivity index (χ3n) is 3.30. The summed E-state index contributed by atoms with van der Waals surface area (Å²) in [7, 11) is 0. The molecule has 0 unspecified atom stereocenters. The molecule has 0 atom stereocenters. The van der Waals surface area contributed by atoms with E-state index in [1.54, 1.807) is 0 Å². The Bertz CT molecular complexity index is 407. The summed E-state index contributed by atoms with van der Waals surface area (Å²) in [6.45, 7) is 0.997. The minimum Gasteiger partial charge on any atom is -0.344 e. The van der Waals surface area contributed by atoms with E-state index in [0.717, 1.165) is 13.0 Å². The molecule has 15 heavy (non-hydrogen) atoms. The van der Waals surface area contributed by atoms with Gasteiger partial charge < -0.3 is 5.32 Å². The maximum Gasteiger partial charge on any atom is 0.101 e. The monoisotopic (exact) mass is 200 g/mol. The van der Waals surface area contributed by atoms with Crippen molar-refractivity contribution in [1.82, 2.24) is 0 Å². The SMILES string of the molecule is c1cc2c(c(NC3=NCCC3)c1)CCC2. The number of rotatable bonds is 1. The summed E-state index contributed by atoms with van der Waals surface area (Å²) in [6, 6.07) is 6.59. The molecule has 1 aromatic rings. The van der Waals surface area contributed by atoms with Crippen molar-refractivity contribution >= 4 is 11.5 Å². The Morgan fingerprint density at radius 2 is 2.07 bits per heavy atom. The second-order valence-electron chi connectivity index (χ2n) is 4.35. The number of hydrogen-bond acceptors (Lipinski definition) is 2. The van der Waals surface area contributed by atoms with Crippen molar-refractivity contribution in [2.45, 2.75) is 32.1 Å². The predicted molar refractivity (Wildman–Crippen MR) is 63.6 cm³/mol. The molecule has 2 nitrogen and oxygen atoms in total. The number of aliphatic imine (C=N–C) groups is 1. The third-order valence-corrected chi connectivity index (χ3v) is 3.30. The summed E-state index contributed by atoms with van der Waals surface area (Å²) < 4.78 is 0. The molecule has 1 aliphatic carbocycles. The Balaban J connectivity index is 1.88. The first-order valence-electron chi connectivity index (χ1n) is 5.84. The van der Waals surface area contributed by atoms with Gasteiger partial charge in [0.05, 0.1) is 0 Å². The van der Waals surface area contributed by atoms with Crippen LogP contribution in [-0.2, 0) is 12.8 Å². The van der Waals surface area contributed by atoms with Crippen LogP contribution in [0.5, 0.6) is 0 Å². The van der Waals surface area contributed by atoms with Crippen molar-refractivity contribution in [2.75, 3.05) is 11.9 Å². The summed E-state index contributed by atoms with van der Waals surface area (Å²) in [4.78, 5) is 4.46. The Morgan fingerprint density at radius 3 is 2.93 bits per heavy atom. The van der Waals surface area contributed by atoms with Crippen LogP contribution in [0.2, 0.25) is 0 Å². The summed E-state index contributed by atoms with van der Waals surface area (Å²) in [5, 5.41) is 3.49. The summed E-state index contributed by atoms with van der Waals surface area (Å²) in [5.74, 6) is 1.18. The van der Waals surface area contributed by atoms with Crippen molar-refractivity contribution in [1.29, 1.82) is 0 Å². The average molecular weight is 200 g/mol. The fourth-order valence-corrected chi connectivity index (χ4v) is 2.53. The van der Waals surface area contributed by atoms with Gasteiger partial charge in [-0.05, 0) is 42.9 Å². The van der Waals surface area contributed by atoms with Crippen molar-refractivity contribution in [3.05, 3.63) is 29.3 Å². The zero-order valence-corrected chi connectivity index (χ0v) is 8.92. The van der Waals surface area contributed by atoms with Gasteiger partial charge in [-0.2, -0.15) is 0 Å². The molecule has 1 N–H and O–H groups in total. The quantitative estimate of drug-likeness (QED) is 0.740. The number of nitrogens with one attached hydrogen (secondary N) is 1. The Kier molecular flexibility index (Phi) is 2.20. The zero-order chi connectivity index (χ0) is 10.1. The fourth-order valence-electron chi connectivity index (χ4n) is 2.53. The second kappa shape index (κ2) is 3.69. The smallest absolute Gasteiger partial charge is 0.101 e. The van der Waals surface area contributed by atoms with E-state index in [1.165, 1.54) is 48.3 Å². The lowest BCUT2D eigenvalue weighted by Crippen LogP contribution is -2.10. The maximum atomic E-state index is 4.46. The Labute approximate surface area is 90.4 Å². The van der Waals surface area contributed by atoms with Gasteiger partial charge in [-0.1, -0.05) is 12.1 Å². The molecule has 0 amide bonds. The van der Waals surface area contributed by atoms with Gasteiger partial charge in [0.15, 0.2) is 0 Å². The standard InChI is InChI=1S/C13H16N2/c1-4-10-5-2-7-12(11(10)6-1)15-13-8-3-9-14-13/h2,5,7H,1,3-4,6,8-9H2,(H,14,15). The average Bonchev–Trinajstić information content (AvgIpc) is 2.87. The van der Waals surface area contributed by atoms with Gasteiger partial charge in [0.2, 0.25) is 0 Å². The molecule has 0 saturated carbocycles. The number of hydrogen-bond donors (Lipinski definition) is 1. The van der Waals surface area contributed by atoms with Gasteiger partial charge in [0.1, 0.15) is 5.84 Å². The van der Waals surface area contributed by atoms with Crippen LogP contribution in [0.25, 0.3) is 0 Å². The van der Waals surface area contributed by atoms with Crippen molar-refractivity contribution < 1.29 is 0 Å². The number of aryl methyl sites for hydroxylation is 1. The van der Waals surface area contributed by atoms with E-state index in [2.05, 4.69) is 28.5 Å². The molecule has 0 aromatic heterocycles. The van der Waals surface area contributed by atoms with Crippen LogP contribution < -0.4 is 5.32 Å². The van der Waals surface area contributed by atoms with Gasteiger partial charge in [-0.25, -0.2) is 0 Å². The highest BCUT2D eigenvalue weighted by atomic mass is 15.0. The molecule has 0 fully saturated rings. The lowest BCUT2D eigenvalue weighted by atomic mass is 10.1. The van der Waals surface area contributed by atoms with Crippen molar-refractivity contribution in [2.24, 2.45) is 4.99 Å². The highest BCUT2D eigenvalue weighted by molar-refractivity contribution is 5.97. The minimum absolute atomic E-state index is 0.997. The van der Waals surface area contributed by atoms with Crippen LogP contribution in [0, 0.1) is 0 Å². The molecule has 2 aliphatic rings. The van der Waals surface area contributed by atoms with E-state index in [-0.39, 0.29) is 0 Å². The minimum atomic E-state index is 0.997. The van der Waals surface area contributed by atoms with Crippen LogP contribution >= 0.6 is 0 Å². The molecule has 0 spiro atoms. The highest BCUT2D eigenvalue weighted by Gasteiger charge is 2.15. The van der Waals surface area contributed by atoms with E-state index in [4.69, 9.17) is 0 Å². The third kappa shape index (κ3) is 1.65. The molecule has 1 heterocycles. The Hall–Kier alpha value is -1.31. The van der Waals surface area contributed by atoms with Crippen molar-refractivity contribution in [3.63, 3.8) is 0 Å². The van der Waals surface area contributed by atoms with Gasteiger partial charge in [-0.3, -0.25) is 4.99 Å². The van der Waals surface area contributed by atoms with E-state index >= 15 is 0 Å². The van der Waals surface area contributed by atoms with E-state index < -0.39 is 0 Å². The topological polar surface area (TPSA) is 24.4 Å². The van der Waals surface area contributed by atoms with Gasteiger partial charge in [-0.15, -0.1) is 0 Å². The molecule has 0 saturated heterocycles. The Morgan fingerprint density at radius 1 is 1.07 bits per heavy atom. The number of nitrogens with zero attached hydrogens (tertiary/aromatic N) is 1. The van der Waals surface area contributed by atoms with E-state index in [9.17, 15) is 0 Å².